The third kappa shape index (κ3) is 1.96. The summed E-state index contributed by atoms with van der Waals surface area (Å²) in [5.41, 5.74) is 0. The Labute approximate surface area is 75.7 Å². The van der Waals surface area contributed by atoms with Gasteiger partial charge in [0.25, 0.3) is 0 Å². The van der Waals surface area contributed by atoms with Gasteiger partial charge >= 0.3 is 6.18 Å². The van der Waals surface area contributed by atoms with Crippen LogP contribution < -0.4 is 6.15 Å². The molecule has 2 nitrogen and oxygen atoms in total. The number of hydrogen-bond donors (Lipinski definition) is 1. The van der Waals surface area contributed by atoms with Crippen LogP contribution in [0.3, 0.4) is 0 Å². The van der Waals surface area contributed by atoms with Crippen LogP contribution in [0.5, 0.6) is 0 Å². The van der Waals surface area contributed by atoms with Crippen LogP contribution in [0.2, 0.25) is 0 Å². The first-order valence-electron chi connectivity index (χ1n) is 4.38. The van der Waals surface area contributed by atoms with Gasteiger partial charge in [0, 0.05) is 0 Å². The largest absolute Gasteiger partial charge is 0.404 e. The molecule has 2 bridgehead atoms. The normalized spacial score (nSPS) is 38.5. The first kappa shape index (κ1) is 10.8. The van der Waals surface area contributed by atoms with Gasteiger partial charge in [0.2, 0.25) is 0 Å². The molecule has 78 valence electrons. The average molecular weight is 196 g/mol. The van der Waals surface area contributed by atoms with Crippen molar-refractivity contribution in [3.05, 3.63) is 0 Å². The maximum Gasteiger partial charge on any atom is 0.404 e. The van der Waals surface area contributed by atoms with Gasteiger partial charge in [-0.3, -0.25) is 4.90 Å². The zero-order valence-corrected chi connectivity index (χ0v) is 7.48. The van der Waals surface area contributed by atoms with Crippen molar-refractivity contribution >= 4 is 0 Å². The maximum absolute atomic E-state index is 12.4. The Balaban J connectivity index is 0.000000845. The standard InChI is InChI=1S/C8H12F3N.H3N/c9-8(10,11)7-5-6-1-3-12(7)4-2-6;/h6-7H,1-5H2;1H3. The Hall–Kier alpha value is -0.290. The van der Waals surface area contributed by atoms with Crippen LogP contribution in [0, 0.1) is 5.92 Å². The molecule has 0 saturated carbocycles. The Morgan fingerprint density at radius 2 is 1.62 bits per heavy atom. The molecule has 3 aliphatic heterocycles. The minimum Gasteiger partial charge on any atom is -0.344 e. The molecule has 0 amide bonds. The van der Waals surface area contributed by atoms with Gasteiger partial charge in [-0.15, -0.1) is 0 Å². The van der Waals surface area contributed by atoms with E-state index in [0.717, 1.165) is 12.8 Å². The first-order chi connectivity index (χ1) is 5.57. The molecule has 5 heteroatoms. The summed E-state index contributed by atoms with van der Waals surface area (Å²) in [6.45, 7) is 1.30. The van der Waals surface area contributed by atoms with Crippen LogP contribution in [0.15, 0.2) is 0 Å². The maximum atomic E-state index is 12.4. The number of fused-ring (bicyclic) bond motifs is 3. The third-order valence-electron chi connectivity index (χ3n) is 3.02. The van der Waals surface area contributed by atoms with Crippen LogP contribution in [-0.4, -0.2) is 30.2 Å². The second-order valence-electron chi connectivity index (χ2n) is 3.77. The molecule has 13 heavy (non-hydrogen) atoms. The Kier molecular flexibility index (Phi) is 2.87. The second kappa shape index (κ2) is 3.46. The van der Waals surface area contributed by atoms with Gasteiger partial charge in [-0.25, -0.2) is 0 Å². The number of halogens is 3. The summed E-state index contributed by atoms with van der Waals surface area (Å²) < 4.78 is 37.1. The highest BCUT2D eigenvalue weighted by Crippen LogP contribution is 2.39. The van der Waals surface area contributed by atoms with E-state index in [1.807, 2.05) is 0 Å². The highest BCUT2D eigenvalue weighted by atomic mass is 19.4. The smallest absolute Gasteiger partial charge is 0.344 e. The monoisotopic (exact) mass is 196 g/mol. The van der Waals surface area contributed by atoms with E-state index in [1.165, 1.54) is 0 Å². The van der Waals surface area contributed by atoms with Gasteiger partial charge in [-0.1, -0.05) is 0 Å². The lowest BCUT2D eigenvalue weighted by atomic mass is 9.83. The summed E-state index contributed by atoms with van der Waals surface area (Å²) in [6, 6.07) is -1.13. The van der Waals surface area contributed by atoms with Crippen LogP contribution in [0.4, 0.5) is 13.2 Å². The molecule has 3 N–H and O–H groups in total. The van der Waals surface area contributed by atoms with E-state index in [9.17, 15) is 13.2 Å². The molecule has 3 heterocycles. The van der Waals surface area contributed by atoms with E-state index in [-0.39, 0.29) is 6.15 Å². The van der Waals surface area contributed by atoms with Crippen molar-refractivity contribution in [3.8, 4) is 0 Å². The van der Waals surface area contributed by atoms with E-state index in [1.54, 1.807) is 4.90 Å². The summed E-state index contributed by atoms with van der Waals surface area (Å²) >= 11 is 0. The van der Waals surface area contributed by atoms with E-state index < -0.39 is 12.2 Å². The van der Waals surface area contributed by atoms with Crippen LogP contribution in [-0.2, 0) is 0 Å². The topological polar surface area (TPSA) is 38.2 Å². The van der Waals surface area contributed by atoms with Crippen molar-refractivity contribution in [2.24, 2.45) is 5.92 Å². The van der Waals surface area contributed by atoms with Gasteiger partial charge in [0.15, 0.2) is 0 Å². The van der Waals surface area contributed by atoms with Crippen LogP contribution in [0.25, 0.3) is 0 Å². The molecule has 3 rings (SSSR count). The van der Waals surface area contributed by atoms with Gasteiger partial charge < -0.3 is 6.15 Å². The number of piperidine rings is 3. The van der Waals surface area contributed by atoms with E-state index in [2.05, 4.69) is 0 Å². The van der Waals surface area contributed by atoms with Crippen LogP contribution in [0.1, 0.15) is 19.3 Å². The van der Waals surface area contributed by atoms with Crippen molar-refractivity contribution in [1.82, 2.24) is 11.1 Å². The quantitative estimate of drug-likeness (QED) is 0.645. The molecule has 0 aromatic heterocycles. The van der Waals surface area contributed by atoms with Crippen molar-refractivity contribution < 1.29 is 13.2 Å². The Morgan fingerprint density at radius 1 is 1.08 bits per heavy atom. The molecule has 0 spiro atoms. The first-order valence-corrected chi connectivity index (χ1v) is 4.38. The van der Waals surface area contributed by atoms with Crippen LogP contribution >= 0.6 is 0 Å². The number of alkyl halides is 3. The van der Waals surface area contributed by atoms with Gasteiger partial charge in [0.1, 0.15) is 6.04 Å². The fourth-order valence-corrected chi connectivity index (χ4v) is 2.31. The highest BCUT2D eigenvalue weighted by molar-refractivity contribution is 4.91. The zero-order valence-electron chi connectivity index (χ0n) is 7.48. The molecule has 3 saturated heterocycles. The summed E-state index contributed by atoms with van der Waals surface area (Å²) in [5.74, 6) is 0.335. The SMILES string of the molecule is FC(F)(F)C1CC2CCN1CC2.N. The number of rotatable bonds is 0. The summed E-state index contributed by atoms with van der Waals surface area (Å²) in [4.78, 5) is 1.58. The Morgan fingerprint density at radius 3 is 1.85 bits per heavy atom. The van der Waals surface area contributed by atoms with Gasteiger partial charge in [-0.05, 0) is 38.3 Å². The fraction of sp³-hybridized carbons (Fsp3) is 1.00. The molecule has 0 aliphatic carbocycles. The number of nitrogens with zero attached hydrogens (tertiary/aromatic N) is 1. The molecule has 0 aromatic rings. The third-order valence-corrected chi connectivity index (χ3v) is 3.02. The molecule has 1 atom stereocenters. The number of hydrogen-bond acceptors (Lipinski definition) is 2. The minimum absolute atomic E-state index is 0. The zero-order chi connectivity index (χ0) is 8.77. The molecule has 0 aromatic carbocycles. The fourth-order valence-electron chi connectivity index (χ4n) is 2.31. The van der Waals surface area contributed by atoms with E-state index in [4.69, 9.17) is 0 Å². The second-order valence-corrected chi connectivity index (χ2v) is 3.77. The molecule has 3 fully saturated rings. The summed E-state index contributed by atoms with van der Waals surface area (Å²) in [6.07, 6.45) is -1.73. The average Bonchev–Trinajstić information content (AvgIpc) is 2.05. The van der Waals surface area contributed by atoms with Crippen molar-refractivity contribution in [1.29, 1.82) is 0 Å². The van der Waals surface area contributed by atoms with Crippen molar-refractivity contribution in [2.75, 3.05) is 13.1 Å². The highest BCUT2D eigenvalue weighted by Gasteiger charge is 2.48. The molecule has 1 unspecified atom stereocenters. The lowest BCUT2D eigenvalue weighted by Gasteiger charge is -2.45. The van der Waals surface area contributed by atoms with Crippen molar-refractivity contribution in [2.45, 2.75) is 31.5 Å². The molecular weight excluding hydrogens is 181 g/mol. The van der Waals surface area contributed by atoms with E-state index in [0.29, 0.717) is 25.4 Å². The molecular formula is C8H15F3N2. The van der Waals surface area contributed by atoms with Crippen molar-refractivity contribution in [3.63, 3.8) is 0 Å². The summed E-state index contributed by atoms with van der Waals surface area (Å²) in [5, 5.41) is 0. The lowest BCUT2D eigenvalue weighted by Crippen LogP contribution is -2.55. The van der Waals surface area contributed by atoms with Gasteiger partial charge in [0.05, 0.1) is 0 Å². The predicted octanol–water partition coefficient (Wildman–Crippen LogP) is 2.19. The lowest BCUT2D eigenvalue weighted by molar-refractivity contribution is -0.205. The van der Waals surface area contributed by atoms with E-state index >= 15 is 0 Å². The van der Waals surface area contributed by atoms with Gasteiger partial charge in [-0.2, -0.15) is 13.2 Å². The molecule has 0 radical (unpaired) electrons. The summed E-state index contributed by atoms with van der Waals surface area (Å²) in [7, 11) is 0. The minimum atomic E-state index is -4.00. The molecule has 3 aliphatic rings. The Bertz CT molecular complexity index is 173. The predicted molar refractivity (Wildman–Crippen MR) is 43.8 cm³/mol.